The highest BCUT2D eigenvalue weighted by Crippen LogP contribution is 1.64. The maximum Gasteiger partial charge on any atom is 0.0690 e. The SMILES string of the molecule is P.c1c[nH]nn1.c1cn[nH]c1. The standard InChI is InChI=1S/C3H4N2.C2H3N3.H3P/c2*1-2-4-5-3-1;/h1-3H,(H,4,5);1-2H,(H,3,4,5);1H3. The highest BCUT2D eigenvalue weighted by molar-refractivity contribution is 6.92. The van der Waals surface area contributed by atoms with Gasteiger partial charge in [0.05, 0.1) is 6.20 Å². The number of hydrogen-bond acceptors (Lipinski definition) is 3. The zero-order valence-electron chi connectivity index (χ0n) is 5.94. The Morgan fingerprint density at radius 3 is 2.09 bits per heavy atom. The summed E-state index contributed by atoms with van der Waals surface area (Å²) in [5.41, 5.74) is 0. The molecule has 0 aliphatic carbocycles. The van der Waals surface area contributed by atoms with Crippen LogP contribution in [0.5, 0.6) is 0 Å². The number of hydrogen-bond donors (Lipinski definition) is 2. The fourth-order valence-electron chi connectivity index (χ4n) is 0.382. The molecule has 1 atom stereocenters. The Bertz CT molecular complexity index is 154. The second-order valence-electron chi connectivity index (χ2n) is 1.43. The van der Waals surface area contributed by atoms with Gasteiger partial charge in [0.25, 0.3) is 0 Å². The van der Waals surface area contributed by atoms with E-state index < -0.39 is 0 Å². The van der Waals surface area contributed by atoms with E-state index >= 15 is 0 Å². The van der Waals surface area contributed by atoms with Crippen molar-refractivity contribution in [1.29, 1.82) is 0 Å². The lowest BCUT2D eigenvalue weighted by atomic mass is 10.8. The molecule has 0 amide bonds. The quantitative estimate of drug-likeness (QED) is 0.559. The number of aromatic amines is 2. The maximum absolute atomic E-state index is 3.60. The van der Waals surface area contributed by atoms with E-state index in [1.54, 1.807) is 24.8 Å². The minimum atomic E-state index is 0. The van der Waals surface area contributed by atoms with Crippen LogP contribution in [0.1, 0.15) is 0 Å². The highest BCUT2D eigenvalue weighted by atomic mass is 31.0. The Kier molecular flexibility index (Phi) is 6.13. The fourth-order valence-corrected chi connectivity index (χ4v) is 0.382. The van der Waals surface area contributed by atoms with Crippen LogP contribution >= 0.6 is 9.90 Å². The fraction of sp³-hybridized carbons (Fsp3) is 0. The Morgan fingerprint density at radius 2 is 1.91 bits per heavy atom. The van der Waals surface area contributed by atoms with Gasteiger partial charge >= 0.3 is 0 Å². The van der Waals surface area contributed by atoms with Crippen LogP contribution in [0.2, 0.25) is 0 Å². The van der Waals surface area contributed by atoms with Crippen molar-refractivity contribution in [3.05, 3.63) is 30.9 Å². The Hall–Kier alpha value is -1.22. The summed E-state index contributed by atoms with van der Waals surface area (Å²) >= 11 is 0. The van der Waals surface area contributed by atoms with Crippen LogP contribution < -0.4 is 0 Å². The van der Waals surface area contributed by atoms with Gasteiger partial charge in [-0.3, -0.25) is 10.2 Å². The summed E-state index contributed by atoms with van der Waals surface area (Å²) in [6.45, 7) is 0. The molecule has 11 heavy (non-hydrogen) atoms. The van der Waals surface area contributed by atoms with Crippen LogP contribution in [0.15, 0.2) is 30.9 Å². The molecule has 60 valence electrons. The van der Waals surface area contributed by atoms with Gasteiger partial charge in [0, 0.05) is 18.6 Å². The normalized spacial score (nSPS) is 7.27. The number of nitrogens with zero attached hydrogens (tertiary/aromatic N) is 3. The van der Waals surface area contributed by atoms with Gasteiger partial charge in [-0.2, -0.15) is 15.0 Å². The molecular weight excluding hydrogens is 161 g/mol. The molecule has 0 saturated heterocycles. The van der Waals surface area contributed by atoms with Crippen molar-refractivity contribution in [3.8, 4) is 0 Å². The predicted octanol–water partition coefficient (Wildman–Crippen LogP) is 0.272. The van der Waals surface area contributed by atoms with Gasteiger partial charge in [-0.1, -0.05) is 5.21 Å². The van der Waals surface area contributed by atoms with E-state index in [0.717, 1.165) is 0 Å². The van der Waals surface area contributed by atoms with Gasteiger partial charge < -0.3 is 0 Å². The van der Waals surface area contributed by atoms with Crippen molar-refractivity contribution in [2.24, 2.45) is 0 Å². The van der Waals surface area contributed by atoms with E-state index in [1.807, 2.05) is 6.07 Å². The molecule has 0 bridgehead atoms. The molecule has 2 rings (SSSR count). The molecule has 0 spiro atoms. The molecule has 6 heteroatoms. The molecule has 2 aromatic rings. The maximum atomic E-state index is 3.60. The minimum absolute atomic E-state index is 0. The van der Waals surface area contributed by atoms with Gasteiger partial charge in [0.2, 0.25) is 0 Å². The third-order valence-electron chi connectivity index (χ3n) is 0.737. The molecule has 0 aliphatic rings. The largest absolute Gasteiger partial charge is 0.286 e. The second-order valence-corrected chi connectivity index (χ2v) is 1.43. The van der Waals surface area contributed by atoms with Crippen molar-refractivity contribution in [1.82, 2.24) is 25.6 Å². The molecule has 0 radical (unpaired) electrons. The molecule has 2 N–H and O–H groups in total. The molecule has 0 aromatic carbocycles. The van der Waals surface area contributed by atoms with E-state index in [-0.39, 0.29) is 9.90 Å². The smallest absolute Gasteiger partial charge is 0.0690 e. The molecule has 0 aliphatic heterocycles. The van der Waals surface area contributed by atoms with Crippen molar-refractivity contribution >= 4 is 9.90 Å². The number of nitrogens with one attached hydrogen (secondary N) is 2. The van der Waals surface area contributed by atoms with E-state index in [1.165, 1.54) is 0 Å². The lowest BCUT2D eigenvalue weighted by molar-refractivity contribution is 0.940. The lowest BCUT2D eigenvalue weighted by Crippen LogP contribution is -1.61. The zero-order chi connectivity index (χ0) is 7.07. The van der Waals surface area contributed by atoms with Gasteiger partial charge in [-0.25, -0.2) is 0 Å². The van der Waals surface area contributed by atoms with Crippen LogP contribution in [0.25, 0.3) is 0 Å². The van der Waals surface area contributed by atoms with E-state index in [2.05, 4.69) is 25.6 Å². The summed E-state index contributed by atoms with van der Waals surface area (Å²) in [5, 5.41) is 15.5. The number of H-pyrrole nitrogens is 2. The van der Waals surface area contributed by atoms with Crippen molar-refractivity contribution in [2.45, 2.75) is 0 Å². The van der Waals surface area contributed by atoms with E-state index in [9.17, 15) is 0 Å². The van der Waals surface area contributed by atoms with Crippen molar-refractivity contribution < 1.29 is 0 Å². The number of rotatable bonds is 0. The van der Waals surface area contributed by atoms with Gasteiger partial charge in [0.1, 0.15) is 0 Å². The van der Waals surface area contributed by atoms with Crippen molar-refractivity contribution in [3.63, 3.8) is 0 Å². The second kappa shape index (κ2) is 6.89. The molecule has 5 nitrogen and oxygen atoms in total. The molecule has 1 unspecified atom stereocenters. The monoisotopic (exact) mass is 171 g/mol. The third kappa shape index (κ3) is 5.24. The molecule has 0 saturated carbocycles. The first-order valence-corrected chi connectivity index (χ1v) is 2.74. The summed E-state index contributed by atoms with van der Waals surface area (Å²) in [5.74, 6) is 0. The van der Waals surface area contributed by atoms with Crippen LogP contribution in [0.3, 0.4) is 0 Å². The number of aromatic nitrogens is 5. The highest BCUT2D eigenvalue weighted by Gasteiger charge is 1.57. The van der Waals surface area contributed by atoms with Crippen molar-refractivity contribution in [2.75, 3.05) is 0 Å². The summed E-state index contributed by atoms with van der Waals surface area (Å²) < 4.78 is 0. The van der Waals surface area contributed by atoms with E-state index in [0.29, 0.717) is 0 Å². The lowest BCUT2D eigenvalue weighted by Gasteiger charge is -1.49. The topological polar surface area (TPSA) is 70.2 Å². The summed E-state index contributed by atoms with van der Waals surface area (Å²) in [6.07, 6.45) is 6.69. The molecule has 0 fully saturated rings. The van der Waals surface area contributed by atoms with Crippen LogP contribution in [0, 0.1) is 0 Å². The first-order chi connectivity index (χ1) is 5.00. The third-order valence-corrected chi connectivity index (χ3v) is 0.737. The summed E-state index contributed by atoms with van der Waals surface area (Å²) in [7, 11) is 0. The van der Waals surface area contributed by atoms with Crippen LogP contribution in [-0.2, 0) is 0 Å². The molecule has 2 heterocycles. The summed E-state index contributed by atoms with van der Waals surface area (Å²) in [4.78, 5) is 0. The first kappa shape index (κ1) is 9.78. The van der Waals surface area contributed by atoms with Crippen LogP contribution in [-0.4, -0.2) is 25.6 Å². The Balaban J connectivity index is 0.000000167. The Morgan fingerprint density at radius 1 is 1.00 bits per heavy atom. The predicted molar refractivity (Wildman–Crippen MR) is 46.1 cm³/mol. The summed E-state index contributed by atoms with van der Waals surface area (Å²) in [6, 6.07) is 1.83. The van der Waals surface area contributed by atoms with Gasteiger partial charge in [0.15, 0.2) is 0 Å². The average molecular weight is 171 g/mol. The first-order valence-electron chi connectivity index (χ1n) is 2.74. The van der Waals surface area contributed by atoms with Crippen LogP contribution in [0.4, 0.5) is 0 Å². The van der Waals surface area contributed by atoms with E-state index in [4.69, 9.17) is 0 Å². The average Bonchev–Trinajstić information content (AvgIpc) is 2.67. The van der Waals surface area contributed by atoms with Gasteiger partial charge in [-0.15, -0.1) is 5.10 Å². The molecule has 2 aromatic heterocycles. The zero-order valence-corrected chi connectivity index (χ0v) is 7.35. The van der Waals surface area contributed by atoms with Gasteiger partial charge in [-0.05, 0) is 6.07 Å². The minimum Gasteiger partial charge on any atom is -0.286 e. The molecular formula is C5H10N5P. The Labute approximate surface area is 67.2 Å².